The van der Waals surface area contributed by atoms with Crippen molar-refractivity contribution in [2.24, 2.45) is 0 Å². The second kappa shape index (κ2) is 6.93. The van der Waals surface area contributed by atoms with Crippen LogP contribution in [0.2, 0.25) is 0 Å². The Bertz CT molecular complexity index is 725. The molecule has 2 aromatic rings. The Hall–Kier alpha value is -2.18. The number of esters is 1. The van der Waals surface area contributed by atoms with E-state index in [-0.39, 0.29) is 18.4 Å². The van der Waals surface area contributed by atoms with Crippen molar-refractivity contribution >= 4 is 28.9 Å². The van der Waals surface area contributed by atoms with Crippen LogP contribution in [0, 0.1) is 0 Å². The fraction of sp³-hybridized carbons (Fsp3) is 0.294. The number of amides is 1. The van der Waals surface area contributed by atoms with Gasteiger partial charge in [0.25, 0.3) is 0 Å². The second-order valence-electron chi connectivity index (χ2n) is 5.22. The summed E-state index contributed by atoms with van der Waals surface area (Å²) in [6.07, 6.45) is 0.832. The molecule has 1 aromatic carbocycles. The van der Waals surface area contributed by atoms with Crippen molar-refractivity contribution in [2.75, 3.05) is 19.0 Å². The molecule has 1 aromatic heterocycles. The Labute approximate surface area is 138 Å². The van der Waals surface area contributed by atoms with Gasteiger partial charge in [0, 0.05) is 0 Å². The zero-order chi connectivity index (χ0) is 16.2. The van der Waals surface area contributed by atoms with E-state index in [0.717, 1.165) is 12.0 Å². The van der Waals surface area contributed by atoms with E-state index in [2.05, 4.69) is 11.4 Å². The first-order valence-electron chi connectivity index (χ1n) is 7.34. The van der Waals surface area contributed by atoms with E-state index in [1.165, 1.54) is 24.0 Å². The van der Waals surface area contributed by atoms with Crippen LogP contribution in [0.1, 0.15) is 33.3 Å². The largest absolute Gasteiger partial charge is 0.465 e. The van der Waals surface area contributed by atoms with Gasteiger partial charge >= 0.3 is 5.97 Å². The number of fused-ring (bicyclic) bond motifs is 1. The van der Waals surface area contributed by atoms with E-state index in [9.17, 15) is 9.59 Å². The van der Waals surface area contributed by atoms with E-state index in [1.54, 1.807) is 11.4 Å². The molecule has 1 atom stereocenters. The van der Waals surface area contributed by atoms with Crippen LogP contribution in [0.25, 0.3) is 0 Å². The van der Waals surface area contributed by atoms with Crippen molar-refractivity contribution in [3.05, 3.63) is 51.7 Å². The molecule has 120 valence electrons. The third-order valence-corrected chi connectivity index (χ3v) is 4.67. The van der Waals surface area contributed by atoms with Crippen LogP contribution >= 0.6 is 11.3 Å². The van der Waals surface area contributed by atoms with Gasteiger partial charge in [-0.25, -0.2) is 4.79 Å². The predicted octanol–water partition coefficient (Wildman–Crippen LogP) is 3.18. The highest BCUT2D eigenvalue weighted by Crippen LogP contribution is 2.30. The van der Waals surface area contributed by atoms with Gasteiger partial charge < -0.3 is 14.8 Å². The molecule has 1 amide bonds. The average molecular weight is 331 g/mol. The molecule has 1 N–H and O–H groups in total. The van der Waals surface area contributed by atoms with E-state index in [1.807, 2.05) is 18.2 Å². The quantitative estimate of drug-likeness (QED) is 0.874. The topological polar surface area (TPSA) is 64.6 Å². The monoisotopic (exact) mass is 331 g/mol. The van der Waals surface area contributed by atoms with Gasteiger partial charge in [0.15, 0.2) is 0 Å². The molecule has 23 heavy (non-hydrogen) atoms. The number of benzene rings is 1. The fourth-order valence-electron chi connectivity index (χ4n) is 2.67. The number of anilines is 1. The number of rotatable bonds is 4. The SMILES string of the molecule is COC(=O)c1sccc1NC(=O)CC1OCCc2ccccc21. The zero-order valence-corrected chi connectivity index (χ0v) is 13.5. The van der Waals surface area contributed by atoms with Crippen LogP contribution in [0.3, 0.4) is 0 Å². The molecule has 3 rings (SSSR count). The van der Waals surface area contributed by atoms with Crippen molar-refractivity contribution < 1.29 is 19.1 Å². The minimum Gasteiger partial charge on any atom is -0.465 e. The number of ether oxygens (including phenoxy) is 2. The summed E-state index contributed by atoms with van der Waals surface area (Å²) in [6, 6.07) is 9.71. The van der Waals surface area contributed by atoms with Gasteiger partial charge in [0.05, 0.1) is 31.9 Å². The average Bonchev–Trinajstić information content (AvgIpc) is 3.02. The summed E-state index contributed by atoms with van der Waals surface area (Å²) in [7, 11) is 1.32. The summed E-state index contributed by atoms with van der Waals surface area (Å²) in [6.45, 7) is 0.612. The lowest BCUT2D eigenvalue weighted by Gasteiger charge is -2.25. The Morgan fingerprint density at radius 1 is 1.35 bits per heavy atom. The smallest absolute Gasteiger partial charge is 0.350 e. The lowest BCUT2D eigenvalue weighted by atomic mass is 9.95. The zero-order valence-electron chi connectivity index (χ0n) is 12.7. The lowest BCUT2D eigenvalue weighted by molar-refractivity contribution is -0.119. The Kier molecular flexibility index (Phi) is 4.73. The molecule has 0 bridgehead atoms. The van der Waals surface area contributed by atoms with Gasteiger partial charge in [-0.15, -0.1) is 11.3 Å². The molecule has 0 spiro atoms. The van der Waals surface area contributed by atoms with Gasteiger partial charge in [-0.2, -0.15) is 0 Å². The van der Waals surface area contributed by atoms with Gasteiger partial charge in [0.2, 0.25) is 5.91 Å². The maximum absolute atomic E-state index is 12.3. The van der Waals surface area contributed by atoms with E-state index >= 15 is 0 Å². The maximum atomic E-state index is 12.3. The first kappa shape index (κ1) is 15.7. The minimum absolute atomic E-state index is 0.185. The number of hydrogen-bond acceptors (Lipinski definition) is 5. The van der Waals surface area contributed by atoms with Crippen LogP contribution in [-0.2, 0) is 20.7 Å². The number of methoxy groups -OCH3 is 1. The van der Waals surface area contributed by atoms with E-state index < -0.39 is 5.97 Å². The first-order valence-corrected chi connectivity index (χ1v) is 8.22. The normalized spacial score (nSPS) is 16.5. The molecule has 1 aliphatic heterocycles. The van der Waals surface area contributed by atoms with Crippen LogP contribution in [0.4, 0.5) is 5.69 Å². The van der Waals surface area contributed by atoms with Crippen molar-refractivity contribution in [1.29, 1.82) is 0 Å². The molecule has 0 aliphatic carbocycles. The third kappa shape index (κ3) is 3.43. The molecular weight excluding hydrogens is 314 g/mol. The van der Waals surface area contributed by atoms with Gasteiger partial charge in [0.1, 0.15) is 4.88 Å². The highest BCUT2D eigenvalue weighted by Gasteiger charge is 2.24. The number of carbonyl (C=O) groups excluding carboxylic acids is 2. The van der Waals surface area contributed by atoms with Crippen LogP contribution in [0.5, 0.6) is 0 Å². The Morgan fingerprint density at radius 2 is 2.17 bits per heavy atom. The minimum atomic E-state index is -0.449. The Morgan fingerprint density at radius 3 is 3.00 bits per heavy atom. The summed E-state index contributed by atoms with van der Waals surface area (Å²) in [4.78, 5) is 24.3. The standard InChI is InChI=1S/C17H17NO4S/c1-21-17(20)16-13(7-9-23-16)18-15(19)10-14-12-5-3-2-4-11(12)6-8-22-14/h2-5,7,9,14H,6,8,10H2,1H3,(H,18,19). The highest BCUT2D eigenvalue weighted by atomic mass is 32.1. The molecule has 1 unspecified atom stereocenters. The third-order valence-electron chi connectivity index (χ3n) is 3.77. The Balaban J connectivity index is 1.69. The van der Waals surface area contributed by atoms with Gasteiger partial charge in [-0.1, -0.05) is 24.3 Å². The van der Waals surface area contributed by atoms with Crippen LogP contribution < -0.4 is 5.32 Å². The molecule has 6 heteroatoms. The number of thiophene rings is 1. The van der Waals surface area contributed by atoms with Crippen molar-refractivity contribution in [3.63, 3.8) is 0 Å². The molecule has 0 fully saturated rings. The summed E-state index contributed by atoms with van der Waals surface area (Å²) >= 11 is 1.24. The number of carbonyl (C=O) groups is 2. The van der Waals surface area contributed by atoms with Crippen molar-refractivity contribution in [2.45, 2.75) is 18.9 Å². The van der Waals surface area contributed by atoms with Crippen molar-refractivity contribution in [1.82, 2.24) is 0 Å². The van der Waals surface area contributed by atoms with Gasteiger partial charge in [-0.05, 0) is 29.0 Å². The number of nitrogens with one attached hydrogen (secondary N) is 1. The fourth-order valence-corrected chi connectivity index (χ4v) is 3.44. The molecule has 0 saturated carbocycles. The van der Waals surface area contributed by atoms with E-state index in [0.29, 0.717) is 17.2 Å². The second-order valence-corrected chi connectivity index (χ2v) is 6.13. The lowest BCUT2D eigenvalue weighted by Crippen LogP contribution is -2.22. The van der Waals surface area contributed by atoms with Crippen LogP contribution in [0.15, 0.2) is 35.7 Å². The summed E-state index contributed by atoms with van der Waals surface area (Å²) < 4.78 is 10.5. The number of hydrogen-bond donors (Lipinski definition) is 1. The van der Waals surface area contributed by atoms with E-state index in [4.69, 9.17) is 9.47 Å². The van der Waals surface area contributed by atoms with Crippen molar-refractivity contribution in [3.8, 4) is 0 Å². The summed E-state index contributed by atoms with van der Waals surface area (Å²) in [5, 5.41) is 4.52. The molecular formula is C17H17NO4S. The summed E-state index contributed by atoms with van der Waals surface area (Å²) in [5.74, 6) is -0.634. The first-order chi connectivity index (χ1) is 11.2. The molecule has 1 aliphatic rings. The van der Waals surface area contributed by atoms with Gasteiger partial charge in [-0.3, -0.25) is 4.79 Å². The molecule has 0 radical (unpaired) electrons. The van der Waals surface area contributed by atoms with Crippen LogP contribution in [-0.4, -0.2) is 25.6 Å². The maximum Gasteiger partial charge on any atom is 0.350 e. The highest BCUT2D eigenvalue weighted by molar-refractivity contribution is 7.12. The predicted molar refractivity (Wildman–Crippen MR) is 87.7 cm³/mol. The molecule has 5 nitrogen and oxygen atoms in total. The summed E-state index contributed by atoms with van der Waals surface area (Å²) in [5.41, 5.74) is 2.77. The molecule has 2 heterocycles. The molecule has 0 saturated heterocycles.